The lowest BCUT2D eigenvalue weighted by Gasteiger charge is -2.26. The van der Waals surface area contributed by atoms with Crippen LogP contribution in [0.3, 0.4) is 0 Å². The highest BCUT2D eigenvalue weighted by molar-refractivity contribution is 5.74. The van der Waals surface area contributed by atoms with E-state index in [1.165, 1.54) is 6.07 Å². The summed E-state index contributed by atoms with van der Waals surface area (Å²) in [5, 5.41) is 14.3. The Bertz CT molecular complexity index is 496. The van der Waals surface area contributed by atoms with Gasteiger partial charge in [-0.15, -0.1) is 0 Å². The number of nitrogens with one attached hydrogen (secondary N) is 2. The van der Waals surface area contributed by atoms with E-state index >= 15 is 0 Å². The first-order valence-electron chi connectivity index (χ1n) is 7.72. The van der Waals surface area contributed by atoms with Gasteiger partial charge >= 0.3 is 6.03 Å². The Morgan fingerprint density at radius 3 is 3.09 bits per heavy atom. The van der Waals surface area contributed by atoms with Crippen LogP contribution in [0.2, 0.25) is 0 Å². The number of ether oxygens (including phenoxy) is 1. The van der Waals surface area contributed by atoms with Gasteiger partial charge in [0.05, 0.1) is 19.3 Å². The molecule has 1 aromatic carbocycles. The number of amides is 2. The Morgan fingerprint density at radius 1 is 1.41 bits per heavy atom. The summed E-state index contributed by atoms with van der Waals surface area (Å²) in [6.45, 7) is 1.35. The topological polar surface area (TPSA) is 70.6 Å². The fraction of sp³-hybridized carbons (Fsp3) is 0.562. The van der Waals surface area contributed by atoms with Crippen molar-refractivity contribution >= 4 is 6.03 Å². The number of rotatable bonds is 7. The minimum Gasteiger partial charge on any atom is -0.394 e. The standard InChI is InChI=1S/C16H23FN2O3/c17-13-5-6-14-12(11-13)3-1-4-15(14)19-16(21)18-7-2-9-22-10-8-20/h5-6,11,15,20H,1-4,7-10H2,(H2,18,19,21). The molecule has 0 fully saturated rings. The SMILES string of the molecule is O=C(NCCCOCCO)NC1CCCc2cc(F)ccc21. The van der Waals surface area contributed by atoms with Crippen LogP contribution >= 0.6 is 0 Å². The molecule has 1 aliphatic carbocycles. The molecule has 0 bridgehead atoms. The molecule has 1 unspecified atom stereocenters. The van der Waals surface area contributed by atoms with Crippen molar-refractivity contribution < 1.29 is 19.0 Å². The van der Waals surface area contributed by atoms with E-state index in [1.807, 2.05) is 0 Å². The molecule has 5 nitrogen and oxygen atoms in total. The van der Waals surface area contributed by atoms with E-state index in [0.717, 1.165) is 30.4 Å². The van der Waals surface area contributed by atoms with Crippen LogP contribution in [0.25, 0.3) is 0 Å². The molecule has 3 N–H and O–H groups in total. The lowest BCUT2D eigenvalue weighted by Crippen LogP contribution is -2.39. The van der Waals surface area contributed by atoms with Gasteiger partial charge in [-0.2, -0.15) is 0 Å². The molecule has 0 saturated heterocycles. The smallest absolute Gasteiger partial charge is 0.315 e. The van der Waals surface area contributed by atoms with Crippen molar-refractivity contribution in [1.82, 2.24) is 10.6 Å². The maximum atomic E-state index is 13.3. The Labute approximate surface area is 129 Å². The number of hydrogen-bond acceptors (Lipinski definition) is 3. The van der Waals surface area contributed by atoms with Gasteiger partial charge in [-0.1, -0.05) is 6.07 Å². The predicted molar refractivity (Wildman–Crippen MR) is 81.1 cm³/mol. The minimum absolute atomic E-state index is 0.00952. The zero-order chi connectivity index (χ0) is 15.8. The number of fused-ring (bicyclic) bond motifs is 1. The molecule has 122 valence electrons. The molecule has 0 spiro atoms. The van der Waals surface area contributed by atoms with Crippen LogP contribution in [0.5, 0.6) is 0 Å². The summed E-state index contributed by atoms with van der Waals surface area (Å²) in [4.78, 5) is 11.9. The third kappa shape index (κ3) is 4.96. The average Bonchev–Trinajstić information content (AvgIpc) is 2.50. The van der Waals surface area contributed by atoms with Crippen molar-refractivity contribution in [3.63, 3.8) is 0 Å². The summed E-state index contributed by atoms with van der Waals surface area (Å²) in [5.41, 5.74) is 1.99. The average molecular weight is 310 g/mol. The van der Waals surface area contributed by atoms with Crippen molar-refractivity contribution in [3.05, 3.63) is 35.1 Å². The van der Waals surface area contributed by atoms with Gasteiger partial charge in [0.1, 0.15) is 5.82 Å². The maximum absolute atomic E-state index is 13.3. The van der Waals surface area contributed by atoms with E-state index in [4.69, 9.17) is 9.84 Å². The second-order valence-corrected chi connectivity index (χ2v) is 5.38. The highest BCUT2D eigenvalue weighted by Crippen LogP contribution is 2.29. The van der Waals surface area contributed by atoms with Crippen molar-refractivity contribution in [2.75, 3.05) is 26.4 Å². The van der Waals surface area contributed by atoms with E-state index in [2.05, 4.69) is 10.6 Å². The number of carbonyl (C=O) groups excluding carboxylic acids is 1. The molecular formula is C16H23FN2O3. The quantitative estimate of drug-likeness (QED) is 0.674. The normalized spacial score (nSPS) is 16.9. The van der Waals surface area contributed by atoms with Crippen LogP contribution < -0.4 is 10.6 Å². The molecule has 2 amide bonds. The van der Waals surface area contributed by atoms with Crippen molar-refractivity contribution in [2.45, 2.75) is 31.7 Å². The molecule has 1 aliphatic rings. The highest BCUT2D eigenvalue weighted by atomic mass is 19.1. The monoisotopic (exact) mass is 310 g/mol. The molecule has 0 radical (unpaired) electrons. The molecule has 2 rings (SSSR count). The molecule has 1 atom stereocenters. The molecule has 0 aliphatic heterocycles. The van der Waals surface area contributed by atoms with Gasteiger partial charge in [0, 0.05) is 13.2 Å². The van der Waals surface area contributed by atoms with Gasteiger partial charge in [-0.05, 0) is 48.9 Å². The second-order valence-electron chi connectivity index (χ2n) is 5.38. The van der Waals surface area contributed by atoms with Crippen LogP contribution in [0.4, 0.5) is 9.18 Å². The molecule has 0 aromatic heterocycles. The van der Waals surface area contributed by atoms with E-state index in [1.54, 1.807) is 12.1 Å². The van der Waals surface area contributed by atoms with Crippen molar-refractivity contribution in [2.24, 2.45) is 0 Å². The lowest BCUT2D eigenvalue weighted by molar-refractivity contribution is 0.0909. The molecule has 0 heterocycles. The summed E-state index contributed by atoms with van der Waals surface area (Å²) in [5.74, 6) is -0.230. The lowest BCUT2D eigenvalue weighted by atomic mass is 9.88. The van der Waals surface area contributed by atoms with Gasteiger partial charge in [0.2, 0.25) is 0 Å². The van der Waals surface area contributed by atoms with Gasteiger partial charge < -0.3 is 20.5 Å². The number of halogens is 1. The Balaban J connectivity index is 1.76. The third-order valence-electron chi connectivity index (χ3n) is 3.71. The fourth-order valence-electron chi connectivity index (χ4n) is 2.68. The highest BCUT2D eigenvalue weighted by Gasteiger charge is 2.21. The number of aryl methyl sites for hydroxylation is 1. The van der Waals surface area contributed by atoms with E-state index in [-0.39, 0.29) is 24.5 Å². The largest absolute Gasteiger partial charge is 0.394 e. The molecule has 6 heteroatoms. The minimum atomic E-state index is -0.230. The molecule has 1 aromatic rings. The molecule has 22 heavy (non-hydrogen) atoms. The van der Waals surface area contributed by atoms with Crippen molar-refractivity contribution in [1.29, 1.82) is 0 Å². The summed E-state index contributed by atoms with van der Waals surface area (Å²) in [6.07, 6.45) is 3.36. The van der Waals surface area contributed by atoms with Crippen LogP contribution in [-0.2, 0) is 11.2 Å². The third-order valence-corrected chi connectivity index (χ3v) is 3.71. The van der Waals surface area contributed by atoms with E-state index in [0.29, 0.717) is 26.2 Å². The Kier molecular flexibility index (Phi) is 6.61. The first kappa shape index (κ1) is 16.7. The summed E-state index contributed by atoms with van der Waals surface area (Å²) >= 11 is 0. The number of aliphatic hydroxyl groups is 1. The first-order valence-corrected chi connectivity index (χ1v) is 7.72. The number of hydrogen-bond donors (Lipinski definition) is 3. The number of carbonyl (C=O) groups is 1. The Morgan fingerprint density at radius 2 is 2.27 bits per heavy atom. The van der Waals surface area contributed by atoms with Gasteiger partial charge in [-0.25, -0.2) is 9.18 Å². The van der Waals surface area contributed by atoms with Crippen LogP contribution in [0.15, 0.2) is 18.2 Å². The van der Waals surface area contributed by atoms with Crippen LogP contribution in [-0.4, -0.2) is 37.5 Å². The van der Waals surface area contributed by atoms with Gasteiger partial charge in [0.25, 0.3) is 0 Å². The fourth-order valence-corrected chi connectivity index (χ4v) is 2.68. The predicted octanol–water partition coefficient (Wildman–Crippen LogP) is 1.90. The van der Waals surface area contributed by atoms with Gasteiger partial charge in [0.15, 0.2) is 0 Å². The maximum Gasteiger partial charge on any atom is 0.315 e. The number of aliphatic hydroxyl groups excluding tert-OH is 1. The van der Waals surface area contributed by atoms with Crippen LogP contribution in [0, 0.1) is 5.82 Å². The summed E-state index contributed by atoms with van der Waals surface area (Å²) in [7, 11) is 0. The molecule has 0 saturated carbocycles. The van der Waals surface area contributed by atoms with Crippen molar-refractivity contribution in [3.8, 4) is 0 Å². The molecular weight excluding hydrogens is 287 g/mol. The first-order chi connectivity index (χ1) is 10.7. The van der Waals surface area contributed by atoms with Gasteiger partial charge in [-0.3, -0.25) is 0 Å². The zero-order valence-corrected chi connectivity index (χ0v) is 12.6. The number of benzene rings is 1. The van der Waals surface area contributed by atoms with Crippen LogP contribution in [0.1, 0.15) is 36.4 Å². The Hall–Kier alpha value is -1.66. The van der Waals surface area contributed by atoms with E-state index < -0.39 is 0 Å². The summed E-state index contributed by atoms with van der Waals surface area (Å²) < 4.78 is 18.4. The second kappa shape index (κ2) is 8.70. The zero-order valence-electron chi connectivity index (χ0n) is 12.6. The summed E-state index contributed by atoms with van der Waals surface area (Å²) in [6, 6.07) is 4.48. The van der Waals surface area contributed by atoms with E-state index in [9.17, 15) is 9.18 Å². The number of urea groups is 1.